The molecule has 0 aromatic heterocycles. The molecular weight excluding hydrogens is 256 g/mol. The molecular formula is C16H24O4. The lowest BCUT2D eigenvalue weighted by Crippen LogP contribution is -2.11. The number of aromatic carboxylic acids is 1. The summed E-state index contributed by atoms with van der Waals surface area (Å²) in [5.41, 5.74) is 0.539. The fourth-order valence-corrected chi connectivity index (χ4v) is 1.55. The van der Waals surface area contributed by atoms with E-state index in [2.05, 4.69) is 20.8 Å². The van der Waals surface area contributed by atoms with Crippen LogP contribution in [0, 0.1) is 5.41 Å². The molecule has 0 aliphatic carbocycles. The molecule has 1 aromatic rings. The van der Waals surface area contributed by atoms with Crippen LogP contribution in [0.2, 0.25) is 0 Å². The predicted molar refractivity (Wildman–Crippen MR) is 78.4 cm³/mol. The Morgan fingerprint density at radius 1 is 1.20 bits per heavy atom. The summed E-state index contributed by atoms with van der Waals surface area (Å²) in [6, 6.07) is 6.51. The fourth-order valence-electron chi connectivity index (χ4n) is 1.55. The Morgan fingerprint density at radius 2 is 1.95 bits per heavy atom. The number of benzene rings is 1. The molecule has 1 N–H and O–H groups in total. The third-order valence-electron chi connectivity index (χ3n) is 2.78. The summed E-state index contributed by atoms with van der Waals surface area (Å²) in [6.07, 6.45) is 1.83. The van der Waals surface area contributed by atoms with Gasteiger partial charge in [0, 0.05) is 19.6 Å². The summed E-state index contributed by atoms with van der Waals surface area (Å²) < 4.78 is 11.0. The lowest BCUT2D eigenvalue weighted by atomic mass is 9.93. The zero-order valence-electron chi connectivity index (χ0n) is 12.5. The summed E-state index contributed by atoms with van der Waals surface area (Å²) in [5.74, 6) is -0.361. The highest BCUT2D eigenvalue weighted by Gasteiger charge is 2.09. The third kappa shape index (κ3) is 7.14. The van der Waals surface area contributed by atoms with Gasteiger partial charge in [-0.05, 0) is 30.0 Å². The zero-order chi connectivity index (χ0) is 15.0. The second-order valence-corrected chi connectivity index (χ2v) is 5.96. The first kappa shape index (κ1) is 16.5. The van der Waals surface area contributed by atoms with Crippen molar-refractivity contribution in [2.45, 2.75) is 33.6 Å². The molecule has 0 bridgehead atoms. The molecule has 0 unspecified atom stereocenters. The van der Waals surface area contributed by atoms with Crippen molar-refractivity contribution < 1.29 is 19.4 Å². The lowest BCUT2D eigenvalue weighted by molar-refractivity contribution is 0.0696. The van der Waals surface area contributed by atoms with Gasteiger partial charge in [-0.1, -0.05) is 26.8 Å². The van der Waals surface area contributed by atoms with Crippen LogP contribution in [0.15, 0.2) is 24.3 Å². The first-order chi connectivity index (χ1) is 9.38. The van der Waals surface area contributed by atoms with Gasteiger partial charge in [0.2, 0.25) is 0 Å². The van der Waals surface area contributed by atoms with E-state index in [1.807, 2.05) is 0 Å². The van der Waals surface area contributed by atoms with Gasteiger partial charge in [0.25, 0.3) is 0 Å². The van der Waals surface area contributed by atoms with Gasteiger partial charge >= 0.3 is 5.97 Å². The van der Waals surface area contributed by atoms with Gasteiger partial charge < -0.3 is 14.6 Å². The van der Waals surface area contributed by atoms with Crippen molar-refractivity contribution in [2.24, 2.45) is 5.41 Å². The maximum atomic E-state index is 10.8. The van der Waals surface area contributed by atoms with Gasteiger partial charge in [-0.15, -0.1) is 0 Å². The first-order valence-corrected chi connectivity index (χ1v) is 6.92. The monoisotopic (exact) mass is 280 g/mol. The Hall–Kier alpha value is -1.55. The molecule has 0 fully saturated rings. The second-order valence-electron chi connectivity index (χ2n) is 5.96. The first-order valence-electron chi connectivity index (χ1n) is 6.92. The van der Waals surface area contributed by atoms with E-state index in [1.54, 1.807) is 18.2 Å². The van der Waals surface area contributed by atoms with Crippen LogP contribution in [-0.4, -0.2) is 30.9 Å². The van der Waals surface area contributed by atoms with E-state index in [0.29, 0.717) is 24.4 Å². The lowest BCUT2D eigenvalue weighted by Gasteiger charge is -2.17. The quantitative estimate of drug-likeness (QED) is 0.739. The van der Waals surface area contributed by atoms with Crippen molar-refractivity contribution in [1.29, 1.82) is 0 Å². The van der Waals surface area contributed by atoms with E-state index in [4.69, 9.17) is 14.6 Å². The van der Waals surface area contributed by atoms with E-state index in [0.717, 1.165) is 19.4 Å². The maximum absolute atomic E-state index is 10.8. The Kier molecular flexibility index (Phi) is 6.52. The molecule has 0 spiro atoms. The van der Waals surface area contributed by atoms with Gasteiger partial charge in [-0.2, -0.15) is 0 Å². The Balaban J connectivity index is 2.15. The maximum Gasteiger partial charge on any atom is 0.335 e. The number of ether oxygens (including phenoxy) is 2. The van der Waals surface area contributed by atoms with Crippen molar-refractivity contribution in [3.63, 3.8) is 0 Å². The van der Waals surface area contributed by atoms with Crippen LogP contribution < -0.4 is 4.74 Å². The summed E-state index contributed by atoms with van der Waals surface area (Å²) in [7, 11) is 0. The van der Waals surface area contributed by atoms with E-state index in [1.165, 1.54) is 6.07 Å². The predicted octanol–water partition coefficient (Wildman–Crippen LogP) is 3.61. The Morgan fingerprint density at radius 3 is 2.60 bits per heavy atom. The van der Waals surface area contributed by atoms with Crippen molar-refractivity contribution in [3.8, 4) is 5.75 Å². The molecule has 0 radical (unpaired) electrons. The molecule has 0 atom stereocenters. The largest absolute Gasteiger partial charge is 0.493 e. The number of carboxylic acids is 1. The number of rotatable bonds is 8. The summed E-state index contributed by atoms with van der Waals surface area (Å²) in [6.45, 7) is 8.52. The summed E-state index contributed by atoms with van der Waals surface area (Å²) in [5, 5.41) is 8.87. The number of hydrogen-bond acceptors (Lipinski definition) is 3. The molecule has 0 amide bonds. The smallest absolute Gasteiger partial charge is 0.335 e. The molecule has 4 nitrogen and oxygen atoms in total. The van der Waals surface area contributed by atoms with Crippen LogP contribution in [0.4, 0.5) is 0 Å². The van der Waals surface area contributed by atoms with Gasteiger partial charge in [0.05, 0.1) is 12.2 Å². The van der Waals surface area contributed by atoms with Crippen LogP contribution in [0.25, 0.3) is 0 Å². The normalized spacial score (nSPS) is 11.3. The van der Waals surface area contributed by atoms with Crippen molar-refractivity contribution >= 4 is 5.97 Å². The topological polar surface area (TPSA) is 55.8 Å². The van der Waals surface area contributed by atoms with Crippen LogP contribution in [0.5, 0.6) is 5.75 Å². The van der Waals surface area contributed by atoms with E-state index < -0.39 is 5.97 Å². The van der Waals surface area contributed by atoms with Gasteiger partial charge in [-0.3, -0.25) is 0 Å². The van der Waals surface area contributed by atoms with Crippen LogP contribution in [0.1, 0.15) is 44.0 Å². The molecule has 20 heavy (non-hydrogen) atoms. The average molecular weight is 280 g/mol. The third-order valence-corrected chi connectivity index (χ3v) is 2.78. The highest BCUT2D eigenvalue weighted by atomic mass is 16.5. The standard InChI is InChI=1S/C16H24O4/c1-16(2,3)8-11-19-9-5-10-20-14-7-4-6-13(12-14)15(17)18/h4,6-7,12H,5,8-11H2,1-3H3,(H,17,18). The van der Waals surface area contributed by atoms with E-state index in [-0.39, 0.29) is 5.56 Å². The van der Waals surface area contributed by atoms with Crippen LogP contribution >= 0.6 is 0 Å². The molecule has 1 rings (SSSR count). The summed E-state index contributed by atoms with van der Waals surface area (Å²) >= 11 is 0. The highest BCUT2D eigenvalue weighted by Crippen LogP contribution is 2.18. The molecule has 4 heteroatoms. The SMILES string of the molecule is CC(C)(C)CCOCCCOc1cccc(C(=O)O)c1. The highest BCUT2D eigenvalue weighted by molar-refractivity contribution is 5.87. The van der Waals surface area contributed by atoms with Crippen molar-refractivity contribution in [3.05, 3.63) is 29.8 Å². The van der Waals surface area contributed by atoms with Crippen molar-refractivity contribution in [1.82, 2.24) is 0 Å². The van der Waals surface area contributed by atoms with Crippen LogP contribution in [0.3, 0.4) is 0 Å². The second kappa shape index (κ2) is 7.90. The molecule has 0 aliphatic rings. The molecule has 0 heterocycles. The average Bonchev–Trinajstić information content (AvgIpc) is 2.36. The van der Waals surface area contributed by atoms with E-state index in [9.17, 15) is 4.79 Å². The molecule has 112 valence electrons. The Bertz CT molecular complexity index is 421. The fraction of sp³-hybridized carbons (Fsp3) is 0.562. The molecule has 0 saturated heterocycles. The summed E-state index contributed by atoms with van der Waals surface area (Å²) in [4.78, 5) is 10.8. The molecule has 1 aromatic carbocycles. The minimum atomic E-state index is -0.944. The van der Waals surface area contributed by atoms with Crippen molar-refractivity contribution in [2.75, 3.05) is 19.8 Å². The van der Waals surface area contributed by atoms with Gasteiger partial charge in [0.1, 0.15) is 5.75 Å². The van der Waals surface area contributed by atoms with Gasteiger partial charge in [0.15, 0.2) is 0 Å². The van der Waals surface area contributed by atoms with E-state index >= 15 is 0 Å². The minimum absolute atomic E-state index is 0.240. The number of carboxylic acid groups (broad SMARTS) is 1. The Labute approximate surface area is 120 Å². The van der Waals surface area contributed by atoms with Crippen LogP contribution in [-0.2, 0) is 4.74 Å². The molecule has 0 aliphatic heterocycles. The molecule has 0 saturated carbocycles. The number of hydrogen-bond donors (Lipinski definition) is 1. The minimum Gasteiger partial charge on any atom is -0.493 e. The zero-order valence-corrected chi connectivity index (χ0v) is 12.5. The van der Waals surface area contributed by atoms with Gasteiger partial charge in [-0.25, -0.2) is 4.79 Å². The number of carbonyl (C=O) groups is 1.